The van der Waals surface area contributed by atoms with Crippen LogP contribution in [-0.2, 0) is 16.2 Å². The summed E-state index contributed by atoms with van der Waals surface area (Å²) in [5.41, 5.74) is 1.98. The molecule has 142 valence electrons. The van der Waals surface area contributed by atoms with Crippen molar-refractivity contribution in [1.82, 2.24) is 5.32 Å². The molecule has 0 heterocycles. The van der Waals surface area contributed by atoms with Gasteiger partial charge in [-0.05, 0) is 42.2 Å². The number of ether oxygens (including phenoxy) is 1. The predicted molar refractivity (Wildman–Crippen MR) is 105 cm³/mol. The van der Waals surface area contributed by atoms with Crippen LogP contribution >= 0.6 is 0 Å². The second-order valence-electron chi connectivity index (χ2n) is 6.18. The van der Waals surface area contributed by atoms with Crippen LogP contribution in [0.5, 0.6) is 5.75 Å². The largest absolute Gasteiger partial charge is 0.489 e. The highest BCUT2D eigenvalue weighted by Crippen LogP contribution is 2.16. The van der Waals surface area contributed by atoms with Crippen molar-refractivity contribution in [2.45, 2.75) is 32.3 Å². The van der Waals surface area contributed by atoms with Crippen molar-refractivity contribution in [3.05, 3.63) is 71.8 Å². The molecule has 0 aliphatic rings. The molecule has 5 heteroatoms. The number of hydrogen-bond acceptors (Lipinski definition) is 3. The summed E-state index contributed by atoms with van der Waals surface area (Å²) < 4.78 is 5.78. The molecule has 0 atom stereocenters. The smallest absolute Gasteiger partial charge is 0.303 e. The van der Waals surface area contributed by atoms with E-state index in [4.69, 9.17) is 9.84 Å². The van der Waals surface area contributed by atoms with E-state index >= 15 is 0 Å². The van der Waals surface area contributed by atoms with Crippen molar-refractivity contribution < 1.29 is 19.4 Å². The van der Waals surface area contributed by atoms with E-state index in [1.807, 2.05) is 54.6 Å². The molecule has 2 N–H and O–H groups in total. The van der Waals surface area contributed by atoms with E-state index < -0.39 is 5.97 Å². The summed E-state index contributed by atoms with van der Waals surface area (Å²) in [6.07, 6.45) is 5.61. The highest BCUT2D eigenvalue weighted by Gasteiger charge is 1.99. The lowest BCUT2D eigenvalue weighted by Crippen LogP contribution is -2.22. The molecule has 1 amide bonds. The fourth-order valence-electron chi connectivity index (χ4n) is 2.47. The third kappa shape index (κ3) is 8.72. The van der Waals surface area contributed by atoms with Gasteiger partial charge in [-0.2, -0.15) is 0 Å². The van der Waals surface area contributed by atoms with E-state index in [-0.39, 0.29) is 12.3 Å². The zero-order chi connectivity index (χ0) is 19.3. The number of carbonyl (C=O) groups is 2. The van der Waals surface area contributed by atoms with Crippen LogP contribution in [0.2, 0.25) is 0 Å². The number of benzene rings is 2. The Kier molecular flexibility index (Phi) is 8.63. The maximum atomic E-state index is 11.8. The summed E-state index contributed by atoms with van der Waals surface area (Å²) in [6.45, 7) is 1.04. The molecule has 0 saturated heterocycles. The van der Waals surface area contributed by atoms with Gasteiger partial charge in [0.2, 0.25) is 5.91 Å². The number of carboxylic acids is 1. The van der Waals surface area contributed by atoms with Crippen LogP contribution in [0.1, 0.15) is 36.8 Å². The summed E-state index contributed by atoms with van der Waals surface area (Å²) in [6, 6.07) is 17.5. The Bertz CT molecular complexity index is 756. The van der Waals surface area contributed by atoms with Crippen LogP contribution in [0.3, 0.4) is 0 Å². The normalized spacial score (nSPS) is 10.7. The van der Waals surface area contributed by atoms with E-state index in [0.717, 1.165) is 29.7 Å². The Morgan fingerprint density at radius 1 is 1.00 bits per heavy atom. The molecule has 0 unspecified atom stereocenters. The first-order valence-electron chi connectivity index (χ1n) is 9.08. The Labute approximate surface area is 159 Å². The molecular weight excluding hydrogens is 342 g/mol. The zero-order valence-electron chi connectivity index (χ0n) is 15.3. The molecule has 0 aliphatic carbocycles. The number of rotatable bonds is 11. The minimum absolute atomic E-state index is 0.163. The molecule has 27 heavy (non-hydrogen) atoms. The monoisotopic (exact) mass is 367 g/mol. The third-order valence-electron chi connectivity index (χ3n) is 3.90. The minimum Gasteiger partial charge on any atom is -0.489 e. The van der Waals surface area contributed by atoms with Crippen LogP contribution in [0.25, 0.3) is 6.08 Å². The molecule has 0 spiro atoms. The highest BCUT2D eigenvalue weighted by molar-refractivity contribution is 5.91. The molecule has 0 bridgehead atoms. The van der Waals surface area contributed by atoms with Gasteiger partial charge in [0.1, 0.15) is 12.4 Å². The molecule has 0 saturated carbocycles. The Morgan fingerprint density at radius 2 is 1.81 bits per heavy atom. The standard InChI is InChI=1S/C22H25NO4/c24-21(23-15-6-2-5-12-22(25)26)14-13-18-10-7-11-20(16-18)27-17-19-8-3-1-4-9-19/h1,3-4,7-11,13-14,16H,2,5-6,12,15,17H2,(H,23,24)(H,25,26)/b14-13+. The predicted octanol–water partition coefficient (Wildman–Crippen LogP) is 4.04. The van der Waals surface area contributed by atoms with E-state index in [1.54, 1.807) is 6.08 Å². The fraction of sp³-hybridized carbons (Fsp3) is 0.273. The SMILES string of the molecule is O=C(O)CCCCCNC(=O)/C=C/c1cccc(OCc2ccccc2)c1. The zero-order valence-corrected chi connectivity index (χ0v) is 15.3. The van der Waals surface area contributed by atoms with Gasteiger partial charge in [0.15, 0.2) is 0 Å². The van der Waals surface area contributed by atoms with Crippen LogP contribution in [0.15, 0.2) is 60.7 Å². The Morgan fingerprint density at radius 3 is 2.59 bits per heavy atom. The van der Waals surface area contributed by atoms with Gasteiger partial charge in [0, 0.05) is 19.0 Å². The van der Waals surface area contributed by atoms with Gasteiger partial charge >= 0.3 is 5.97 Å². The van der Waals surface area contributed by atoms with Gasteiger partial charge in [-0.1, -0.05) is 48.9 Å². The molecule has 2 rings (SSSR count). The summed E-state index contributed by atoms with van der Waals surface area (Å²) >= 11 is 0. The summed E-state index contributed by atoms with van der Waals surface area (Å²) in [5, 5.41) is 11.4. The number of unbranched alkanes of at least 4 members (excludes halogenated alkanes) is 2. The van der Waals surface area contributed by atoms with Crippen LogP contribution in [0.4, 0.5) is 0 Å². The fourth-order valence-corrected chi connectivity index (χ4v) is 2.47. The molecular formula is C22H25NO4. The lowest BCUT2D eigenvalue weighted by molar-refractivity contribution is -0.137. The molecule has 0 aromatic heterocycles. The number of aliphatic carboxylic acids is 1. The molecule has 0 radical (unpaired) electrons. The van der Waals surface area contributed by atoms with Gasteiger partial charge in [-0.3, -0.25) is 9.59 Å². The first-order chi connectivity index (χ1) is 13.1. The van der Waals surface area contributed by atoms with E-state index in [9.17, 15) is 9.59 Å². The van der Waals surface area contributed by atoms with Gasteiger partial charge in [0.25, 0.3) is 0 Å². The third-order valence-corrected chi connectivity index (χ3v) is 3.90. The van der Waals surface area contributed by atoms with Crippen molar-refractivity contribution in [2.24, 2.45) is 0 Å². The maximum absolute atomic E-state index is 11.8. The lowest BCUT2D eigenvalue weighted by atomic mass is 10.2. The minimum atomic E-state index is -0.781. The van der Waals surface area contributed by atoms with Crippen molar-refractivity contribution in [3.8, 4) is 5.75 Å². The van der Waals surface area contributed by atoms with Crippen LogP contribution < -0.4 is 10.1 Å². The molecule has 5 nitrogen and oxygen atoms in total. The second kappa shape index (κ2) is 11.5. The van der Waals surface area contributed by atoms with Crippen LogP contribution in [-0.4, -0.2) is 23.5 Å². The lowest BCUT2D eigenvalue weighted by Gasteiger charge is -2.07. The first-order valence-corrected chi connectivity index (χ1v) is 9.08. The van der Waals surface area contributed by atoms with E-state index in [1.165, 1.54) is 6.08 Å². The first kappa shape index (κ1) is 20.2. The van der Waals surface area contributed by atoms with Gasteiger partial charge < -0.3 is 15.2 Å². The van der Waals surface area contributed by atoms with Crippen LogP contribution in [0, 0.1) is 0 Å². The Hall–Kier alpha value is -3.08. The van der Waals surface area contributed by atoms with Gasteiger partial charge in [-0.25, -0.2) is 0 Å². The quantitative estimate of drug-likeness (QED) is 0.464. The second-order valence-corrected chi connectivity index (χ2v) is 6.18. The number of nitrogens with one attached hydrogen (secondary N) is 1. The summed E-state index contributed by atoms with van der Waals surface area (Å²) in [4.78, 5) is 22.2. The molecule has 0 fully saturated rings. The molecule has 2 aromatic carbocycles. The highest BCUT2D eigenvalue weighted by atomic mass is 16.5. The molecule has 0 aliphatic heterocycles. The van der Waals surface area contributed by atoms with Crippen molar-refractivity contribution in [2.75, 3.05) is 6.54 Å². The number of carboxylic acid groups (broad SMARTS) is 1. The topological polar surface area (TPSA) is 75.6 Å². The maximum Gasteiger partial charge on any atom is 0.303 e. The van der Waals surface area contributed by atoms with E-state index in [2.05, 4.69) is 5.32 Å². The van der Waals surface area contributed by atoms with E-state index in [0.29, 0.717) is 19.6 Å². The van der Waals surface area contributed by atoms with Crippen molar-refractivity contribution >= 4 is 18.0 Å². The summed E-state index contributed by atoms with van der Waals surface area (Å²) in [7, 11) is 0. The summed E-state index contributed by atoms with van der Waals surface area (Å²) in [5.74, 6) is -0.194. The number of hydrogen-bond donors (Lipinski definition) is 2. The molecule has 2 aromatic rings. The number of amides is 1. The van der Waals surface area contributed by atoms with Gasteiger partial charge in [-0.15, -0.1) is 0 Å². The average Bonchev–Trinajstić information content (AvgIpc) is 2.68. The Balaban J connectivity index is 1.72. The van der Waals surface area contributed by atoms with Crippen molar-refractivity contribution in [3.63, 3.8) is 0 Å². The average molecular weight is 367 g/mol. The van der Waals surface area contributed by atoms with Gasteiger partial charge in [0.05, 0.1) is 0 Å². The van der Waals surface area contributed by atoms with Crippen molar-refractivity contribution in [1.29, 1.82) is 0 Å². The number of carbonyl (C=O) groups excluding carboxylic acids is 1.